The van der Waals surface area contributed by atoms with Crippen molar-refractivity contribution < 1.29 is 0 Å². The molecule has 0 bridgehead atoms. The summed E-state index contributed by atoms with van der Waals surface area (Å²) in [7, 11) is 0. The highest BCUT2D eigenvalue weighted by Gasteiger charge is 2.35. The van der Waals surface area contributed by atoms with Gasteiger partial charge in [0, 0.05) is 19.3 Å². The maximum absolute atomic E-state index is 12.6. The molecule has 0 aromatic carbocycles. The Morgan fingerprint density at radius 3 is 2.63 bits per heavy atom. The van der Waals surface area contributed by atoms with Crippen LogP contribution in [0.2, 0.25) is 0 Å². The number of nitrogens with two attached hydrogens (primary N) is 1. The second-order valence-electron chi connectivity index (χ2n) is 10.1. The minimum atomic E-state index is -0.266. The number of hydrogen-bond acceptors (Lipinski definition) is 8. The highest BCUT2D eigenvalue weighted by atomic mass is 16.1. The van der Waals surface area contributed by atoms with Crippen molar-refractivity contribution in [3.63, 3.8) is 0 Å². The van der Waals surface area contributed by atoms with Crippen LogP contribution in [0.3, 0.4) is 0 Å². The second-order valence-corrected chi connectivity index (χ2v) is 10.1. The van der Waals surface area contributed by atoms with Crippen molar-refractivity contribution in [1.29, 1.82) is 0 Å². The molecule has 0 amide bonds. The molecule has 3 aromatic rings. The van der Waals surface area contributed by atoms with E-state index < -0.39 is 0 Å². The zero-order valence-corrected chi connectivity index (χ0v) is 20.6. The summed E-state index contributed by atoms with van der Waals surface area (Å²) in [6.07, 6.45) is 9.23. The lowest BCUT2D eigenvalue weighted by atomic mass is 9.71. The van der Waals surface area contributed by atoms with E-state index in [0.29, 0.717) is 29.1 Å². The molecular formula is C25H37N9O. The summed E-state index contributed by atoms with van der Waals surface area (Å²) in [6, 6.07) is 4.13. The number of aromatic nitrogens is 5. The number of nitrogens with zero attached hydrogens (tertiary/aromatic N) is 5. The Morgan fingerprint density at radius 2 is 1.91 bits per heavy atom. The third kappa shape index (κ3) is 5.33. The summed E-state index contributed by atoms with van der Waals surface area (Å²) in [6.45, 7) is 8.77. The minimum absolute atomic E-state index is 0.265. The van der Waals surface area contributed by atoms with Crippen LogP contribution in [0.25, 0.3) is 11.2 Å². The van der Waals surface area contributed by atoms with Gasteiger partial charge >= 0.3 is 5.69 Å². The zero-order chi connectivity index (χ0) is 24.3. The van der Waals surface area contributed by atoms with Gasteiger partial charge in [-0.15, -0.1) is 0 Å². The fourth-order valence-corrected chi connectivity index (χ4v) is 5.36. The van der Waals surface area contributed by atoms with Crippen molar-refractivity contribution >= 4 is 22.9 Å². The average Bonchev–Trinajstić information content (AvgIpc) is 3.18. The molecule has 5 N–H and O–H groups in total. The highest BCUT2D eigenvalue weighted by Crippen LogP contribution is 2.39. The summed E-state index contributed by atoms with van der Waals surface area (Å²) in [4.78, 5) is 31.5. The number of rotatable bonds is 8. The Kier molecular flexibility index (Phi) is 7.01. The molecule has 3 aromatic heterocycles. The van der Waals surface area contributed by atoms with E-state index in [-0.39, 0.29) is 11.5 Å². The number of hydrogen-bond donors (Lipinski definition) is 4. The number of fused-ring (bicyclic) bond motifs is 1. The molecule has 0 radical (unpaired) electrons. The second kappa shape index (κ2) is 10.3. The Labute approximate surface area is 205 Å². The minimum Gasteiger partial charge on any atom is -0.382 e. The number of H-pyrrole nitrogens is 1. The standard InChI is InChI=1S/C25H37N9O/c1-2-3-10-28-23-31-21(26)20-22(32-23)34(24(35)30-20)17-19-5-4-18(15-29-19)16-33-13-8-25(9-14-33)6-11-27-12-7-25/h4-5,15,27H,2-3,6-14,16-17H2,1H3,(H,30,35)(H3,26,28,31,32). The summed E-state index contributed by atoms with van der Waals surface area (Å²) in [5.74, 6) is 0.702. The number of piperidine rings is 2. The van der Waals surface area contributed by atoms with E-state index in [1.807, 2.05) is 12.3 Å². The first kappa shape index (κ1) is 23.7. The number of anilines is 2. The van der Waals surface area contributed by atoms with Gasteiger partial charge in [0.05, 0.1) is 12.2 Å². The van der Waals surface area contributed by atoms with Crippen LogP contribution >= 0.6 is 0 Å². The fourth-order valence-electron chi connectivity index (χ4n) is 5.36. The number of nitrogens with one attached hydrogen (secondary N) is 3. The Balaban J connectivity index is 1.24. The van der Waals surface area contributed by atoms with Gasteiger partial charge in [-0.1, -0.05) is 19.4 Å². The summed E-state index contributed by atoms with van der Waals surface area (Å²) in [5, 5.41) is 6.68. The molecule has 2 fully saturated rings. The largest absolute Gasteiger partial charge is 0.382 e. The molecule has 2 saturated heterocycles. The van der Waals surface area contributed by atoms with Gasteiger partial charge in [-0.25, -0.2) is 4.79 Å². The monoisotopic (exact) mass is 479 g/mol. The molecule has 2 aliphatic rings. The van der Waals surface area contributed by atoms with Crippen LogP contribution in [0, 0.1) is 5.41 Å². The predicted octanol–water partition coefficient (Wildman–Crippen LogP) is 2.32. The van der Waals surface area contributed by atoms with Gasteiger partial charge in [-0.2, -0.15) is 9.97 Å². The van der Waals surface area contributed by atoms with Crippen LogP contribution < -0.4 is 22.1 Å². The number of aromatic amines is 1. The van der Waals surface area contributed by atoms with Crippen molar-refractivity contribution in [3.05, 3.63) is 40.1 Å². The van der Waals surface area contributed by atoms with Gasteiger partial charge < -0.3 is 21.4 Å². The smallest absolute Gasteiger partial charge is 0.328 e. The third-order valence-electron chi connectivity index (χ3n) is 7.66. The number of imidazole rings is 1. The molecule has 2 aliphatic heterocycles. The summed E-state index contributed by atoms with van der Waals surface area (Å²) < 4.78 is 1.57. The van der Waals surface area contributed by atoms with Crippen molar-refractivity contribution in [2.45, 2.75) is 58.5 Å². The summed E-state index contributed by atoms with van der Waals surface area (Å²) >= 11 is 0. The van der Waals surface area contributed by atoms with Crippen LogP contribution in [0.15, 0.2) is 23.1 Å². The quantitative estimate of drug-likeness (QED) is 0.362. The molecule has 10 nitrogen and oxygen atoms in total. The van der Waals surface area contributed by atoms with E-state index in [1.54, 1.807) is 4.57 Å². The highest BCUT2D eigenvalue weighted by molar-refractivity contribution is 5.82. The SMILES string of the molecule is CCCCNc1nc(N)c2[nH]c(=O)n(Cc3ccc(CN4CCC5(CCNCC5)CC4)cn3)c2n1. The first-order valence-corrected chi connectivity index (χ1v) is 12.9. The first-order chi connectivity index (χ1) is 17.0. The Bertz CT molecular complexity index is 1180. The van der Waals surface area contributed by atoms with Crippen molar-refractivity contribution in [2.24, 2.45) is 5.41 Å². The molecule has 0 atom stereocenters. The van der Waals surface area contributed by atoms with Crippen molar-refractivity contribution in [1.82, 2.24) is 34.7 Å². The van der Waals surface area contributed by atoms with E-state index in [2.05, 4.69) is 48.5 Å². The molecule has 188 valence electrons. The van der Waals surface area contributed by atoms with Gasteiger partial charge in [-0.3, -0.25) is 14.5 Å². The van der Waals surface area contributed by atoms with Gasteiger partial charge in [-0.05, 0) is 75.3 Å². The zero-order valence-electron chi connectivity index (χ0n) is 20.6. The molecule has 35 heavy (non-hydrogen) atoms. The van der Waals surface area contributed by atoms with E-state index in [9.17, 15) is 4.79 Å². The van der Waals surface area contributed by atoms with Crippen molar-refractivity contribution in [2.75, 3.05) is 43.8 Å². The van der Waals surface area contributed by atoms with Crippen LogP contribution in [-0.4, -0.2) is 62.1 Å². The number of unbranched alkanes of at least 4 members (excludes halogenated alkanes) is 1. The van der Waals surface area contributed by atoms with Crippen LogP contribution in [-0.2, 0) is 13.1 Å². The maximum Gasteiger partial charge on any atom is 0.328 e. The van der Waals surface area contributed by atoms with E-state index in [1.165, 1.54) is 44.3 Å². The average molecular weight is 480 g/mol. The Hall–Kier alpha value is -2.98. The van der Waals surface area contributed by atoms with Gasteiger partial charge in [0.25, 0.3) is 0 Å². The summed E-state index contributed by atoms with van der Waals surface area (Å²) in [5.41, 5.74) is 9.36. The number of pyridine rings is 1. The van der Waals surface area contributed by atoms with Crippen LogP contribution in [0.5, 0.6) is 0 Å². The molecule has 0 aliphatic carbocycles. The topological polar surface area (TPSA) is 130 Å². The molecule has 5 rings (SSSR count). The number of likely N-dealkylation sites (tertiary alicyclic amines) is 1. The van der Waals surface area contributed by atoms with E-state index in [0.717, 1.165) is 44.7 Å². The molecule has 0 unspecified atom stereocenters. The van der Waals surface area contributed by atoms with Gasteiger partial charge in [0.1, 0.15) is 5.52 Å². The first-order valence-electron chi connectivity index (χ1n) is 12.9. The van der Waals surface area contributed by atoms with Crippen molar-refractivity contribution in [3.8, 4) is 0 Å². The number of nitrogen functional groups attached to an aromatic ring is 1. The van der Waals surface area contributed by atoms with E-state index in [4.69, 9.17) is 5.73 Å². The van der Waals surface area contributed by atoms with Crippen LogP contribution in [0.4, 0.5) is 11.8 Å². The van der Waals surface area contributed by atoms with Gasteiger partial charge in [0.15, 0.2) is 11.5 Å². The normalized spacial score (nSPS) is 18.3. The lowest BCUT2D eigenvalue weighted by molar-refractivity contribution is 0.0700. The molecule has 5 heterocycles. The molecule has 10 heteroatoms. The lowest BCUT2D eigenvalue weighted by Gasteiger charge is -2.44. The lowest BCUT2D eigenvalue weighted by Crippen LogP contribution is -2.45. The van der Waals surface area contributed by atoms with Crippen LogP contribution in [0.1, 0.15) is 56.7 Å². The Morgan fingerprint density at radius 1 is 1.11 bits per heavy atom. The van der Waals surface area contributed by atoms with Gasteiger partial charge in [0.2, 0.25) is 5.95 Å². The molecule has 1 spiro atoms. The van der Waals surface area contributed by atoms with E-state index >= 15 is 0 Å². The predicted molar refractivity (Wildman–Crippen MR) is 138 cm³/mol. The molecule has 0 saturated carbocycles. The maximum atomic E-state index is 12.6. The molecular weight excluding hydrogens is 442 g/mol. The fraction of sp³-hybridized carbons (Fsp3) is 0.600. The third-order valence-corrected chi connectivity index (χ3v) is 7.66.